The van der Waals surface area contributed by atoms with E-state index in [0.717, 1.165) is 18.4 Å². The molecule has 20 heavy (non-hydrogen) atoms. The van der Waals surface area contributed by atoms with Crippen molar-refractivity contribution in [2.45, 2.75) is 53.0 Å². The average molecular weight is 301 g/mol. The lowest BCUT2D eigenvalue weighted by molar-refractivity contribution is 0.274. The van der Waals surface area contributed by atoms with Gasteiger partial charge in [0.2, 0.25) is 0 Å². The first kappa shape index (κ1) is 17.4. The average Bonchev–Trinajstić information content (AvgIpc) is 2.30. The molecule has 1 aromatic carbocycles. The van der Waals surface area contributed by atoms with Crippen LogP contribution in [0.5, 0.6) is 0 Å². The molecular formula is C16H26ClFN2. The maximum Gasteiger partial charge on any atom is 0.142 e. The van der Waals surface area contributed by atoms with Gasteiger partial charge in [-0.3, -0.25) is 11.3 Å². The fourth-order valence-corrected chi connectivity index (χ4v) is 2.89. The molecule has 0 bridgehead atoms. The lowest BCUT2D eigenvalue weighted by Gasteiger charge is -2.26. The highest BCUT2D eigenvalue weighted by molar-refractivity contribution is 6.30. The highest BCUT2D eigenvalue weighted by atomic mass is 35.5. The van der Waals surface area contributed by atoms with Gasteiger partial charge in [-0.1, -0.05) is 45.4 Å². The van der Waals surface area contributed by atoms with Crippen LogP contribution in [-0.4, -0.2) is 6.04 Å². The standard InChI is InChI=1S/C16H26ClFN2/c1-11(10-16(2,3)4)7-13(20-19)8-12-5-6-14(17)15(18)9-12/h5-6,9,11,13,20H,7-8,10,19H2,1-4H3. The minimum absolute atomic E-state index is 0.146. The van der Waals surface area contributed by atoms with Crippen LogP contribution in [0, 0.1) is 17.2 Å². The van der Waals surface area contributed by atoms with E-state index in [1.807, 2.05) is 6.07 Å². The summed E-state index contributed by atoms with van der Waals surface area (Å²) in [6.07, 6.45) is 2.82. The van der Waals surface area contributed by atoms with Gasteiger partial charge in [-0.15, -0.1) is 0 Å². The Balaban J connectivity index is 2.60. The third-order valence-electron chi connectivity index (χ3n) is 3.35. The van der Waals surface area contributed by atoms with Crippen LogP contribution < -0.4 is 11.3 Å². The van der Waals surface area contributed by atoms with E-state index in [9.17, 15) is 4.39 Å². The molecule has 1 rings (SSSR count). The molecule has 0 aromatic heterocycles. The lowest BCUT2D eigenvalue weighted by atomic mass is 9.82. The van der Waals surface area contributed by atoms with Crippen molar-refractivity contribution in [3.05, 3.63) is 34.6 Å². The Morgan fingerprint density at radius 2 is 2.00 bits per heavy atom. The van der Waals surface area contributed by atoms with Crippen LogP contribution in [0.2, 0.25) is 5.02 Å². The monoisotopic (exact) mass is 300 g/mol. The van der Waals surface area contributed by atoms with E-state index in [-0.39, 0.29) is 16.9 Å². The zero-order chi connectivity index (χ0) is 15.3. The van der Waals surface area contributed by atoms with Crippen LogP contribution in [0.1, 0.15) is 46.1 Å². The maximum absolute atomic E-state index is 13.4. The van der Waals surface area contributed by atoms with E-state index in [1.165, 1.54) is 6.07 Å². The molecule has 114 valence electrons. The molecule has 0 aliphatic heterocycles. The van der Waals surface area contributed by atoms with E-state index < -0.39 is 0 Å². The third-order valence-corrected chi connectivity index (χ3v) is 3.66. The van der Waals surface area contributed by atoms with Gasteiger partial charge in [-0.2, -0.15) is 0 Å². The fourth-order valence-electron chi connectivity index (χ4n) is 2.78. The van der Waals surface area contributed by atoms with Crippen molar-refractivity contribution in [2.75, 3.05) is 0 Å². The molecule has 0 spiro atoms. The molecule has 2 nitrogen and oxygen atoms in total. The molecule has 1 aromatic rings. The van der Waals surface area contributed by atoms with E-state index in [4.69, 9.17) is 17.4 Å². The second-order valence-corrected chi connectivity index (χ2v) is 7.33. The van der Waals surface area contributed by atoms with Gasteiger partial charge in [-0.25, -0.2) is 4.39 Å². The highest BCUT2D eigenvalue weighted by Gasteiger charge is 2.19. The molecule has 4 heteroatoms. The van der Waals surface area contributed by atoms with E-state index in [0.29, 0.717) is 17.8 Å². The number of benzene rings is 1. The van der Waals surface area contributed by atoms with Crippen LogP contribution in [-0.2, 0) is 6.42 Å². The predicted molar refractivity (Wildman–Crippen MR) is 84.1 cm³/mol. The van der Waals surface area contributed by atoms with Crippen molar-refractivity contribution in [3.8, 4) is 0 Å². The van der Waals surface area contributed by atoms with Crippen LogP contribution >= 0.6 is 11.6 Å². The highest BCUT2D eigenvalue weighted by Crippen LogP contribution is 2.27. The summed E-state index contributed by atoms with van der Waals surface area (Å²) in [5.41, 5.74) is 4.07. The van der Waals surface area contributed by atoms with Crippen LogP contribution in [0.25, 0.3) is 0 Å². The summed E-state index contributed by atoms with van der Waals surface area (Å²) in [4.78, 5) is 0. The Labute approximate surface area is 126 Å². The van der Waals surface area contributed by atoms with Crippen molar-refractivity contribution in [3.63, 3.8) is 0 Å². The summed E-state index contributed by atoms with van der Waals surface area (Å²) in [6.45, 7) is 8.95. The summed E-state index contributed by atoms with van der Waals surface area (Å²) >= 11 is 5.69. The maximum atomic E-state index is 13.4. The van der Waals surface area contributed by atoms with Gasteiger partial charge in [-0.05, 0) is 48.3 Å². The minimum atomic E-state index is -0.373. The van der Waals surface area contributed by atoms with Gasteiger partial charge in [0.1, 0.15) is 5.82 Å². The molecule has 0 saturated carbocycles. The second kappa shape index (κ2) is 7.39. The first-order chi connectivity index (χ1) is 9.21. The fraction of sp³-hybridized carbons (Fsp3) is 0.625. The summed E-state index contributed by atoms with van der Waals surface area (Å²) in [7, 11) is 0. The second-order valence-electron chi connectivity index (χ2n) is 6.92. The molecule has 0 saturated heterocycles. The normalized spacial score (nSPS) is 15.2. The number of nitrogens with one attached hydrogen (secondary N) is 1. The molecule has 0 amide bonds. The molecule has 0 fully saturated rings. The molecule has 3 N–H and O–H groups in total. The van der Waals surface area contributed by atoms with Gasteiger partial charge >= 0.3 is 0 Å². The Kier molecular flexibility index (Phi) is 6.44. The van der Waals surface area contributed by atoms with Crippen molar-refractivity contribution >= 4 is 11.6 Å². The molecule has 2 unspecified atom stereocenters. The first-order valence-corrected chi connectivity index (χ1v) is 7.49. The number of hydrogen-bond donors (Lipinski definition) is 2. The Bertz CT molecular complexity index is 429. The molecule has 0 aliphatic rings. The van der Waals surface area contributed by atoms with Gasteiger partial charge < -0.3 is 0 Å². The molecule has 2 atom stereocenters. The predicted octanol–water partition coefficient (Wildman–Crippen LogP) is 4.32. The summed E-state index contributed by atoms with van der Waals surface area (Å²) < 4.78 is 13.4. The first-order valence-electron chi connectivity index (χ1n) is 7.11. The summed E-state index contributed by atoms with van der Waals surface area (Å²) in [5.74, 6) is 5.82. The van der Waals surface area contributed by atoms with Crippen molar-refractivity contribution in [2.24, 2.45) is 17.2 Å². The SMILES string of the molecule is CC(CC(Cc1ccc(Cl)c(F)c1)NN)CC(C)(C)C. The van der Waals surface area contributed by atoms with E-state index in [2.05, 4.69) is 33.1 Å². The van der Waals surface area contributed by atoms with Gasteiger partial charge in [0, 0.05) is 6.04 Å². The van der Waals surface area contributed by atoms with Crippen molar-refractivity contribution in [1.82, 2.24) is 5.43 Å². The lowest BCUT2D eigenvalue weighted by Crippen LogP contribution is -2.38. The largest absolute Gasteiger partial charge is 0.271 e. The summed E-state index contributed by atoms with van der Waals surface area (Å²) in [6, 6.07) is 5.08. The molecular weight excluding hydrogens is 275 g/mol. The van der Waals surface area contributed by atoms with E-state index >= 15 is 0 Å². The minimum Gasteiger partial charge on any atom is -0.271 e. The smallest absolute Gasteiger partial charge is 0.142 e. The zero-order valence-corrected chi connectivity index (χ0v) is 13.6. The van der Waals surface area contributed by atoms with Gasteiger partial charge in [0.25, 0.3) is 0 Å². The molecule has 0 aliphatic carbocycles. The van der Waals surface area contributed by atoms with E-state index in [1.54, 1.807) is 6.07 Å². The van der Waals surface area contributed by atoms with Crippen LogP contribution in [0.3, 0.4) is 0 Å². The summed E-state index contributed by atoms with van der Waals surface area (Å²) in [5, 5.41) is 0.159. The number of rotatable bonds is 6. The number of halogens is 2. The topological polar surface area (TPSA) is 38.0 Å². The molecule has 0 radical (unpaired) electrons. The van der Waals surface area contributed by atoms with Crippen molar-refractivity contribution in [1.29, 1.82) is 0 Å². The Morgan fingerprint density at radius 1 is 1.35 bits per heavy atom. The molecule has 0 heterocycles. The van der Waals surface area contributed by atoms with Crippen molar-refractivity contribution < 1.29 is 4.39 Å². The Morgan fingerprint density at radius 3 is 2.50 bits per heavy atom. The number of hydrazine groups is 1. The number of hydrogen-bond acceptors (Lipinski definition) is 2. The van der Waals surface area contributed by atoms with Crippen LogP contribution in [0.15, 0.2) is 18.2 Å². The third kappa shape index (κ3) is 6.21. The zero-order valence-electron chi connectivity index (χ0n) is 12.8. The quantitative estimate of drug-likeness (QED) is 0.606. The van der Waals surface area contributed by atoms with Gasteiger partial charge in [0.15, 0.2) is 0 Å². The Hall–Kier alpha value is -0.640. The van der Waals surface area contributed by atoms with Crippen LogP contribution in [0.4, 0.5) is 4.39 Å². The van der Waals surface area contributed by atoms with Gasteiger partial charge in [0.05, 0.1) is 5.02 Å². The number of nitrogens with two attached hydrogens (primary N) is 1.